The minimum atomic E-state index is -0.242. The summed E-state index contributed by atoms with van der Waals surface area (Å²) in [5, 5.41) is 9.74. The van der Waals surface area contributed by atoms with Gasteiger partial charge >= 0.3 is 0 Å². The number of aryl methyl sites for hydroxylation is 1. The predicted molar refractivity (Wildman–Crippen MR) is 74.5 cm³/mol. The van der Waals surface area contributed by atoms with E-state index in [1.54, 1.807) is 12.0 Å². The molecule has 0 aliphatic carbocycles. The number of hydrogen-bond donors (Lipinski definition) is 2. The molecule has 6 heteroatoms. The van der Waals surface area contributed by atoms with E-state index in [1.165, 1.54) is 6.33 Å². The van der Waals surface area contributed by atoms with Gasteiger partial charge in [0.1, 0.15) is 5.69 Å². The summed E-state index contributed by atoms with van der Waals surface area (Å²) < 4.78 is 5.13. The fourth-order valence-corrected chi connectivity index (χ4v) is 2.84. The molecule has 0 unspecified atom stereocenters. The summed E-state index contributed by atoms with van der Waals surface area (Å²) in [5.74, 6) is -0.0568. The average Bonchev–Trinajstić information content (AvgIpc) is 2.90. The van der Waals surface area contributed by atoms with Crippen LogP contribution in [0.1, 0.15) is 35.4 Å². The quantitative estimate of drug-likeness (QED) is 0.843. The zero-order valence-corrected chi connectivity index (χ0v) is 12.2. The molecule has 6 nitrogen and oxygen atoms in total. The first-order valence-corrected chi connectivity index (χ1v) is 7.01. The van der Waals surface area contributed by atoms with Gasteiger partial charge in [0.15, 0.2) is 0 Å². The lowest BCUT2D eigenvalue weighted by molar-refractivity contribution is 0.00872. The van der Waals surface area contributed by atoms with E-state index in [2.05, 4.69) is 9.97 Å². The highest BCUT2D eigenvalue weighted by molar-refractivity contribution is 5.93. The Hall–Kier alpha value is -1.40. The lowest BCUT2D eigenvalue weighted by Crippen LogP contribution is -2.48. The number of H-pyrrole nitrogens is 1. The van der Waals surface area contributed by atoms with Gasteiger partial charge in [-0.1, -0.05) is 0 Å². The first-order valence-electron chi connectivity index (χ1n) is 7.01. The Morgan fingerprint density at radius 3 is 3.05 bits per heavy atom. The van der Waals surface area contributed by atoms with Crippen LogP contribution in [-0.4, -0.2) is 59.3 Å². The minimum Gasteiger partial charge on any atom is -0.396 e. The van der Waals surface area contributed by atoms with Crippen molar-refractivity contribution in [2.45, 2.75) is 26.2 Å². The maximum absolute atomic E-state index is 12.5. The summed E-state index contributed by atoms with van der Waals surface area (Å²) in [4.78, 5) is 21.3. The molecule has 1 aromatic rings. The Morgan fingerprint density at radius 1 is 1.65 bits per heavy atom. The number of hydrogen-bond acceptors (Lipinski definition) is 4. The van der Waals surface area contributed by atoms with Crippen LogP contribution in [0.2, 0.25) is 0 Å². The van der Waals surface area contributed by atoms with Crippen LogP contribution in [0.25, 0.3) is 0 Å². The van der Waals surface area contributed by atoms with E-state index in [9.17, 15) is 9.90 Å². The normalized spacial score (nSPS) is 23.1. The van der Waals surface area contributed by atoms with Crippen LogP contribution in [-0.2, 0) is 4.74 Å². The van der Waals surface area contributed by atoms with Gasteiger partial charge in [-0.25, -0.2) is 4.98 Å². The fraction of sp³-hybridized carbons (Fsp3) is 0.714. The smallest absolute Gasteiger partial charge is 0.274 e. The van der Waals surface area contributed by atoms with Crippen molar-refractivity contribution in [2.24, 2.45) is 5.41 Å². The molecule has 1 atom stereocenters. The van der Waals surface area contributed by atoms with Crippen molar-refractivity contribution in [3.63, 3.8) is 0 Å². The number of nitrogens with zero attached hydrogens (tertiary/aromatic N) is 2. The summed E-state index contributed by atoms with van der Waals surface area (Å²) in [6.07, 6.45) is 4.13. The Bertz CT molecular complexity index is 460. The summed E-state index contributed by atoms with van der Waals surface area (Å²) in [6.45, 7) is 3.82. The number of carbonyl (C=O) groups is 1. The summed E-state index contributed by atoms with van der Waals surface area (Å²) in [6, 6.07) is 0. The average molecular weight is 281 g/mol. The summed E-state index contributed by atoms with van der Waals surface area (Å²) >= 11 is 0. The lowest BCUT2D eigenvalue weighted by Gasteiger charge is -2.41. The highest BCUT2D eigenvalue weighted by Gasteiger charge is 2.37. The first-order chi connectivity index (χ1) is 9.62. The summed E-state index contributed by atoms with van der Waals surface area (Å²) in [5.41, 5.74) is 1.02. The van der Waals surface area contributed by atoms with Crippen molar-refractivity contribution >= 4 is 5.91 Å². The molecule has 112 valence electrons. The third-order valence-electron chi connectivity index (χ3n) is 4.15. The van der Waals surface area contributed by atoms with E-state index in [1.807, 2.05) is 6.92 Å². The number of imidazole rings is 1. The highest BCUT2D eigenvalue weighted by Crippen LogP contribution is 2.33. The van der Waals surface area contributed by atoms with Gasteiger partial charge in [-0.05, 0) is 26.2 Å². The van der Waals surface area contributed by atoms with Gasteiger partial charge in [0.2, 0.25) is 0 Å². The van der Waals surface area contributed by atoms with Crippen molar-refractivity contribution in [1.82, 2.24) is 14.9 Å². The van der Waals surface area contributed by atoms with Crippen LogP contribution < -0.4 is 0 Å². The van der Waals surface area contributed by atoms with E-state index in [0.717, 1.165) is 31.5 Å². The van der Waals surface area contributed by atoms with Crippen molar-refractivity contribution in [3.8, 4) is 0 Å². The molecule has 1 aromatic heterocycles. The number of rotatable bonds is 5. The number of amides is 1. The molecule has 1 fully saturated rings. The van der Waals surface area contributed by atoms with Crippen molar-refractivity contribution in [1.29, 1.82) is 0 Å². The van der Waals surface area contributed by atoms with Gasteiger partial charge in [-0.15, -0.1) is 0 Å². The largest absolute Gasteiger partial charge is 0.396 e. The Balaban J connectivity index is 2.09. The van der Waals surface area contributed by atoms with Gasteiger partial charge in [0.25, 0.3) is 5.91 Å². The number of aliphatic hydroxyl groups excluding tert-OH is 1. The second-order valence-electron chi connectivity index (χ2n) is 5.61. The molecular formula is C14H23N3O3. The molecule has 2 heterocycles. The maximum Gasteiger partial charge on any atom is 0.274 e. The number of nitrogens with one attached hydrogen (secondary N) is 1. The standard InChI is InChI=1S/C14H23N3O3/c1-11-12(16-10-15-11)13(19)17-6-3-4-14(8-17,9-18)5-7-20-2/h10,18H,3-9H2,1-2H3,(H,15,16)/t14-/m0/s1. The van der Waals surface area contributed by atoms with Gasteiger partial charge in [-0.3, -0.25) is 4.79 Å². The maximum atomic E-state index is 12.5. The molecule has 2 N–H and O–H groups in total. The van der Waals surface area contributed by atoms with Gasteiger partial charge < -0.3 is 19.7 Å². The van der Waals surface area contributed by atoms with Crippen LogP contribution >= 0.6 is 0 Å². The molecule has 0 radical (unpaired) electrons. The molecule has 1 aliphatic heterocycles. The van der Waals surface area contributed by atoms with E-state index in [-0.39, 0.29) is 17.9 Å². The Labute approximate surface area is 119 Å². The molecular weight excluding hydrogens is 258 g/mol. The van der Waals surface area contributed by atoms with E-state index < -0.39 is 0 Å². The SMILES string of the molecule is COCC[C@@]1(CO)CCCN(C(=O)c2nc[nH]c2C)C1. The molecule has 1 amide bonds. The van der Waals surface area contributed by atoms with Crippen LogP contribution in [0.4, 0.5) is 0 Å². The zero-order valence-electron chi connectivity index (χ0n) is 12.2. The van der Waals surface area contributed by atoms with Gasteiger partial charge in [0.05, 0.1) is 12.9 Å². The minimum absolute atomic E-state index is 0.0568. The van der Waals surface area contributed by atoms with Crippen LogP contribution in [0.15, 0.2) is 6.33 Å². The number of aromatic nitrogens is 2. The second kappa shape index (κ2) is 6.37. The molecule has 2 rings (SSSR count). The summed E-state index contributed by atoms with van der Waals surface area (Å²) in [7, 11) is 1.66. The topological polar surface area (TPSA) is 78.5 Å². The molecule has 0 spiro atoms. The predicted octanol–water partition coefficient (Wildman–Crippen LogP) is 0.969. The number of piperidine rings is 1. The molecule has 0 aromatic carbocycles. The number of likely N-dealkylation sites (tertiary alicyclic amines) is 1. The Kier molecular flexibility index (Phi) is 4.77. The molecule has 20 heavy (non-hydrogen) atoms. The third kappa shape index (κ3) is 3.02. The zero-order chi connectivity index (χ0) is 14.6. The lowest BCUT2D eigenvalue weighted by atomic mass is 9.78. The number of aliphatic hydroxyl groups is 1. The van der Waals surface area contributed by atoms with Crippen molar-refractivity contribution in [2.75, 3.05) is 33.4 Å². The van der Waals surface area contributed by atoms with Crippen molar-refractivity contribution in [3.05, 3.63) is 17.7 Å². The molecule has 0 bridgehead atoms. The van der Waals surface area contributed by atoms with Gasteiger partial charge in [0, 0.05) is 37.9 Å². The van der Waals surface area contributed by atoms with E-state index >= 15 is 0 Å². The number of ether oxygens (including phenoxy) is 1. The highest BCUT2D eigenvalue weighted by atomic mass is 16.5. The van der Waals surface area contributed by atoms with E-state index in [4.69, 9.17) is 4.74 Å². The first kappa shape index (κ1) is 15.0. The number of aromatic amines is 1. The van der Waals surface area contributed by atoms with Crippen LogP contribution in [0.3, 0.4) is 0 Å². The van der Waals surface area contributed by atoms with Gasteiger partial charge in [-0.2, -0.15) is 0 Å². The monoisotopic (exact) mass is 281 g/mol. The second-order valence-corrected chi connectivity index (χ2v) is 5.61. The number of carbonyl (C=O) groups excluding carboxylic acids is 1. The molecule has 1 aliphatic rings. The van der Waals surface area contributed by atoms with Crippen LogP contribution in [0, 0.1) is 12.3 Å². The van der Waals surface area contributed by atoms with E-state index in [0.29, 0.717) is 18.8 Å². The Morgan fingerprint density at radius 2 is 2.45 bits per heavy atom. The third-order valence-corrected chi connectivity index (χ3v) is 4.15. The molecule has 0 saturated carbocycles. The number of methoxy groups -OCH3 is 1. The molecule has 1 saturated heterocycles. The van der Waals surface area contributed by atoms with Crippen molar-refractivity contribution < 1.29 is 14.6 Å². The van der Waals surface area contributed by atoms with Crippen LogP contribution in [0.5, 0.6) is 0 Å². The fourth-order valence-electron chi connectivity index (χ4n) is 2.84.